The molecule has 2 aromatic heterocycles. The monoisotopic (exact) mass is 254 g/mol. The third-order valence-electron chi connectivity index (χ3n) is 1.97. The topological polar surface area (TPSA) is 87.7 Å². The number of esters is 1. The maximum atomic E-state index is 11.1. The first-order valence-electron chi connectivity index (χ1n) is 4.69. The second-order valence-corrected chi connectivity index (χ2v) is 4.05. The quantitative estimate of drug-likeness (QED) is 0.694. The second kappa shape index (κ2) is 4.95. The zero-order chi connectivity index (χ0) is 12.3. The molecule has 0 N–H and O–H groups in total. The Balaban J connectivity index is 2.14. The van der Waals surface area contributed by atoms with E-state index in [1.807, 2.05) is 17.8 Å². The minimum Gasteiger partial charge on any atom is -0.468 e. The predicted molar refractivity (Wildman–Crippen MR) is 57.2 cm³/mol. The van der Waals surface area contributed by atoms with Crippen LogP contribution in [-0.4, -0.2) is 42.8 Å². The van der Waals surface area contributed by atoms with Gasteiger partial charge in [-0.2, -0.15) is 0 Å². The molecule has 9 heteroatoms. The van der Waals surface area contributed by atoms with Crippen LogP contribution in [0.25, 0.3) is 0 Å². The Morgan fingerprint density at radius 1 is 1.53 bits per heavy atom. The van der Waals surface area contributed by atoms with Crippen molar-refractivity contribution >= 4 is 17.7 Å². The summed E-state index contributed by atoms with van der Waals surface area (Å²) in [6.45, 7) is -0.0176. The zero-order valence-corrected chi connectivity index (χ0v) is 10.1. The standard InChI is InChI=1S/C8H10N6O2S/c1-13-4-3-9-7(13)17-8-10-11-12-14(8)5-6(15)16-2/h3-4H,5H2,1-2H3. The average Bonchev–Trinajstić information content (AvgIpc) is 2.90. The van der Waals surface area contributed by atoms with Gasteiger partial charge in [0.2, 0.25) is 5.16 Å². The van der Waals surface area contributed by atoms with Gasteiger partial charge in [-0.1, -0.05) is 0 Å². The Labute approximate surface area is 101 Å². The number of aromatic nitrogens is 6. The summed E-state index contributed by atoms with van der Waals surface area (Å²) in [5.41, 5.74) is 0. The van der Waals surface area contributed by atoms with Crippen molar-refractivity contribution in [2.24, 2.45) is 7.05 Å². The van der Waals surface area contributed by atoms with E-state index in [0.717, 1.165) is 5.16 Å². The van der Waals surface area contributed by atoms with Gasteiger partial charge < -0.3 is 9.30 Å². The van der Waals surface area contributed by atoms with Crippen LogP contribution in [0.4, 0.5) is 0 Å². The molecule has 0 amide bonds. The Morgan fingerprint density at radius 2 is 2.35 bits per heavy atom. The molecule has 0 radical (unpaired) electrons. The molecule has 0 bridgehead atoms. The normalized spacial score (nSPS) is 10.5. The number of hydrogen-bond donors (Lipinski definition) is 0. The summed E-state index contributed by atoms with van der Waals surface area (Å²) in [5.74, 6) is -0.404. The molecule has 8 nitrogen and oxygen atoms in total. The lowest BCUT2D eigenvalue weighted by Crippen LogP contribution is -2.13. The predicted octanol–water partition coefficient (Wildman–Crippen LogP) is -0.269. The Morgan fingerprint density at radius 3 is 3.00 bits per heavy atom. The summed E-state index contributed by atoms with van der Waals surface area (Å²) in [7, 11) is 3.18. The molecule has 0 atom stereocenters. The molecule has 17 heavy (non-hydrogen) atoms. The highest BCUT2D eigenvalue weighted by Crippen LogP contribution is 2.22. The lowest BCUT2D eigenvalue weighted by atomic mass is 10.7. The molecular weight excluding hydrogens is 244 g/mol. The second-order valence-electron chi connectivity index (χ2n) is 3.12. The number of tetrazole rings is 1. The first-order chi connectivity index (χ1) is 8.20. The first-order valence-corrected chi connectivity index (χ1v) is 5.50. The highest BCUT2D eigenvalue weighted by atomic mass is 32.2. The summed E-state index contributed by atoms with van der Waals surface area (Å²) < 4.78 is 7.75. The van der Waals surface area contributed by atoms with Gasteiger partial charge in [-0.05, 0) is 22.2 Å². The number of imidazole rings is 1. The molecule has 0 aromatic carbocycles. The van der Waals surface area contributed by atoms with Gasteiger partial charge in [0.15, 0.2) is 5.16 Å². The van der Waals surface area contributed by atoms with Gasteiger partial charge >= 0.3 is 5.97 Å². The van der Waals surface area contributed by atoms with Gasteiger partial charge in [-0.25, -0.2) is 9.67 Å². The van der Waals surface area contributed by atoms with Crippen LogP contribution >= 0.6 is 11.8 Å². The van der Waals surface area contributed by atoms with E-state index in [4.69, 9.17) is 0 Å². The van der Waals surface area contributed by atoms with Crippen molar-refractivity contribution in [2.45, 2.75) is 16.9 Å². The van der Waals surface area contributed by atoms with Crippen LogP contribution in [0.3, 0.4) is 0 Å². The average molecular weight is 254 g/mol. The summed E-state index contributed by atoms with van der Waals surface area (Å²) in [6.07, 6.45) is 3.49. The lowest BCUT2D eigenvalue weighted by Gasteiger charge is -2.02. The van der Waals surface area contributed by atoms with Gasteiger partial charge in [0, 0.05) is 19.4 Å². The van der Waals surface area contributed by atoms with Gasteiger partial charge in [-0.15, -0.1) is 5.10 Å². The van der Waals surface area contributed by atoms with E-state index in [-0.39, 0.29) is 6.54 Å². The Bertz CT molecular complexity index is 522. The molecule has 0 fully saturated rings. The molecule has 2 heterocycles. The number of nitrogens with zero attached hydrogens (tertiary/aromatic N) is 6. The molecule has 0 aliphatic carbocycles. The van der Waals surface area contributed by atoms with Gasteiger partial charge in [0.1, 0.15) is 6.54 Å². The van der Waals surface area contributed by atoms with Crippen molar-refractivity contribution in [1.29, 1.82) is 0 Å². The maximum Gasteiger partial charge on any atom is 0.327 e. The lowest BCUT2D eigenvalue weighted by molar-refractivity contribution is -0.141. The molecule has 0 unspecified atom stereocenters. The van der Waals surface area contributed by atoms with Crippen molar-refractivity contribution < 1.29 is 9.53 Å². The van der Waals surface area contributed by atoms with Crippen LogP contribution < -0.4 is 0 Å². The van der Waals surface area contributed by atoms with E-state index in [2.05, 4.69) is 25.2 Å². The molecular formula is C8H10N6O2S. The highest BCUT2D eigenvalue weighted by molar-refractivity contribution is 7.99. The summed E-state index contributed by atoms with van der Waals surface area (Å²) in [6, 6.07) is 0. The highest BCUT2D eigenvalue weighted by Gasteiger charge is 2.13. The van der Waals surface area contributed by atoms with E-state index in [1.54, 1.807) is 6.20 Å². The number of aryl methyl sites for hydroxylation is 1. The van der Waals surface area contributed by atoms with E-state index in [9.17, 15) is 4.79 Å². The van der Waals surface area contributed by atoms with Gasteiger partial charge in [-0.3, -0.25) is 4.79 Å². The van der Waals surface area contributed by atoms with Gasteiger partial charge in [0.05, 0.1) is 7.11 Å². The van der Waals surface area contributed by atoms with Crippen molar-refractivity contribution in [3.8, 4) is 0 Å². The van der Waals surface area contributed by atoms with Crippen LogP contribution in [0.1, 0.15) is 0 Å². The molecule has 0 aliphatic rings. The smallest absolute Gasteiger partial charge is 0.327 e. The summed E-state index contributed by atoms with van der Waals surface area (Å²) >= 11 is 1.28. The van der Waals surface area contributed by atoms with E-state index in [0.29, 0.717) is 5.16 Å². The van der Waals surface area contributed by atoms with Crippen LogP contribution in [0, 0.1) is 0 Å². The molecule has 0 aliphatic heterocycles. The van der Waals surface area contributed by atoms with Gasteiger partial charge in [0.25, 0.3) is 0 Å². The maximum absolute atomic E-state index is 11.1. The Kier molecular flexibility index (Phi) is 3.38. The Hall–Kier alpha value is -1.90. The van der Waals surface area contributed by atoms with Crippen LogP contribution in [0.5, 0.6) is 0 Å². The number of hydrogen-bond acceptors (Lipinski definition) is 7. The molecule has 0 spiro atoms. The number of carbonyl (C=O) groups excluding carboxylic acids is 1. The molecule has 2 rings (SSSR count). The zero-order valence-electron chi connectivity index (χ0n) is 9.27. The SMILES string of the molecule is COC(=O)Cn1nnnc1Sc1nccn1C. The van der Waals surface area contributed by atoms with Crippen LogP contribution in [0.2, 0.25) is 0 Å². The van der Waals surface area contributed by atoms with Crippen molar-refractivity contribution in [3.05, 3.63) is 12.4 Å². The minimum absolute atomic E-state index is 0.0176. The van der Waals surface area contributed by atoms with E-state index >= 15 is 0 Å². The summed E-state index contributed by atoms with van der Waals surface area (Å²) in [4.78, 5) is 15.3. The fourth-order valence-corrected chi connectivity index (χ4v) is 1.85. The molecule has 0 saturated heterocycles. The van der Waals surface area contributed by atoms with E-state index < -0.39 is 5.97 Å². The molecule has 0 saturated carbocycles. The molecule has 90 valence electrons. The van der Waals surface area contributed by atoms with Crippen molar-refractivity contribution in [1.82, 2.24) is 29.8 Å². The van der Waals surface area contributed by atoms with Crippen LogP contribution in [0.15, 0.2) is 22.7 Å². The molecule has 2 aromatic rings. The number of ether oxygens (including phenoxy) is 1. The van der Waals surface area contributed by atoms with Crippen LogP contribution in [-0.2, 0) is 23.1 Å². The fourth-order valence-electron chi connectivity index (χ4n) is 1.09. The van der Waals surface area contributed by atoms with Crippen molar-refractivity contribution in [3.63, 3.8) is 0 Å². The first kappa shape index (κ1) is 11.6. The largest absolute Gasteiger partial charge is 0.468 e. The minimum atomic E-state index is -0.404. The third kappa shape index (κ3) is 2.61. The summed E-state index contributed by atoms with van der Waals surface area (Å²) in [5, 5.41) is 12.3. The number of rotatable bonds is 4. The fraction of sp³-hybridized carbons (Fsp3) is 0.375. The number of carbonyl (C=O) groups is 1. The van der Waals surface area contributed by atoms with E-state index in [1.165, 1.54) is 23.6 Å². The number of methoxy groups -OCH3 is 1. The third-order valence-corrected chi connectivity index (χ3v) is 3.02. The van der Waals surface area contributed by atoms with Crippen molar-refractivity contribution in [2.75, 3.05) is 7.11 Å².